The van der Waals surface area contributed by atoms with Crippen molar-refractivity contribution in [2.24, 2.45) is 0 Å². The quantitative estimate of drug-likeness (QED) is 0.759. The second kappa shape index (κ2) is 4.39. The van der Waals surface area contributed by atoms with Gasteiger partial charge in [-0.1, -0.05) is 0 Å². The van der Waals surface area contributed by atoms with Crippen LogP contribution in [0.3, 0.4) is 0 Å². The van der Waals surface area contributed by atoms with Crippen LogP contribution in [0.15, 0.2) is 18.2 Å². The number of nitrogens with two attached hydrogens (primary N) is 1. The Morgan fingerprint density at radius 3 is 2.68 bits per heavy atom. The van der Waals surface area contributed by atoms with Crippen LogP contribution in [-0.4, -0.2) is 34.8 Å². The van der Waals surface area contributed by atoms with Crippen molar-refractivity contribution in [2.75, 3.05) is 18.8 Å². The van der Waals surface area contributed by atoms with Crippen molar-refractivity contribution in [3.63, 3.8) is 0 Å². The monoisotopic (exact) mass is 262 g/mol. The van der Waals surface area contributed by atoms with Gasteiger partial charge in [-0.3, -0.25) is 4.90 Å². The Balaban J connectivity index is 2.07. The normalized spacial score (nSPS) is 29.8. The Labute approximate surface area is 114 Å². The van der Waals surface area contributed by atoms with Crippen molar-refractivity contribution < 1.29 is 9.84 Å². The predicted molar refractivity (Wildman–Crippen MR) is 75.1 cm³/mol. The van der Waals surface area contributed by atoms with Gasteiger partial charge in [-0.05, 0) is 58.0 Å². The first-order chi connectivity index (χ1) is 8.99. The van der Waals surface area contributed by atoms with Crippen LogP contribution in [0.5, 0.6) is 5.75 Å². The van der Waals surface area contributed by atoms with E-state index in [-0.39, 0.29) is 6.04 Å². The van der Waals surface area contributed by atoms with Crippen LogP contribution in [0.4, 0.5) is 5.69 Å². The first kappa shape index (κ1) is 12.8. The highest BCUT2D eigenvalue weighted by atomic mass is 16.5. The summed E-state index contributed by atoms with van der Waals surface area (Å²) < 4.78 is 5.94. The van der Waals surface area contributed by atoms with Crippen LogP contribution in [0, 0.1) is 0 Å². The van der Waals surface area contributed by atoms with Gasteiger partial charge in [-0.25, -0.2) is 0 Å². The molecule has 0 aromatic heterocycles. The van der Waals surface area contributed by atoms with E-state index in [9.17, 15) is 5.11 Å². The number of rotatable bonds is 1. The zero-order chi connectivity index (χ0) is 13.6. The van der Waals surface area contributed by atoms with E-state index < -0.39 is 11.7 Å². The Kier molecular flexibility index (Phi) is 2.95. The number of hydrogen-bond acceptors (Lipinski definition) is 4. The number of anilines is 1. The van der Waals surface area contributed by atoms with Gasteiger partial charge in [0.2, 0.25) is 0 Å². The van der Waals surface area contributed by atoms with Gasteiger partial charge in [0.25, 0.3) is 0 Å². The van der Waals surface area contributed by atoms with Gasteiger partial charge in [0.1, 0.15) is 17.5 Å². The molecule has 1 fully saturated rings. The highest BCUT2D eigenvalue weighted by Gasteiger charge is 2.45. The molecule has 19 heavy (non-hydrogen) atoms. The second-order valence-corrected chi connectivity index (χ2v) is 6.14. The number of hydrogen-bond donors (Lipinski definition) is 2. The van der Waals surface area contributed by atoms with Gasteiger partial charge >= 0.3 is 0 Å². The Bertz CT molecular complexity index is 481. The molecule has 1 aromatic carbocycles. The van der Waals surface area contributed by atoms with E-state index in [1.54, 1.807) is 0 Å². The first-order valence-electron chi connectivity index (χ1n) is 6.99. The minimum Gasteiger partial charge on any atom is -0.485 e. The number of aliphatic hydroxyl groups is 1. The molecular formula is C15H22N2O2. The molecule has 0 bridgehead atoms. The van der Waals surface area contributed by atoms with Gasteiger partial charge in [0.05, 0.1) is 6.04 Å². The molecule has 104 valence electrons. The van der Waals surface area contributed by atoms with E-state index in [4.69, 9.17) is 10.5 Å². The summed E-state index contributed by atoms with van der Waals surface area (Å²) in [5.41, 5.74) is 7.07. The van der Waals surface area contributed by atoms with E-state index in [2.05, 4.69) is 4.90 Å². The molecule has 1 aromatic rings. The molecular weight excluding hydrogens is 240 g/mol. The third-order valence-corrected chi connectivity index (χ3v) is 4.27. The summed E-state index contributed by atoms with van der Waals surface area (Å²) in [6, 6.07) is 5.70. The predicted octanol–water partition coefficient (Wildman–Crippen LogP) is 1.94. The maximum atomic E-state index is 10.7. The number of nitrogen functional groups attached to an aromatic ring is 1. The Morgan fingerprint density at radius 2 is 2.00 bits per heavy atom. The van der Waals surface area contributed by atoms with Gasteiger partial charge < -0.3 is 15.6 Å². The molecule has 2 heterocycles. The van der Waals surface area contributed by atoms with Gasteiger partial charge in [-0.15, -0.1) is 0 Å². The number of nitrogens with zero attached hydrogens (tertiary/aromatic N) is 1. The summed E-state index contributed by atoms with van der Waals surface area (Å²) in [4.78, 5) is 2.35. The van der Waals surface area contributed by atoms with Crippen molar-refractivity contribution in [1.29, 1.82) is 0 Å². The molecule has 0 saturated carbocycles. The lowest BCUT2D eigenvalue weighted by Crippen LogP contribution is -2.53. The Morgan fingerprint density at radius 1 is 1.32 bits per heavy atom. The average molecular weight is 262 g/mol. The SMILES string of the molecule is CC1(C)Oc2ccc(N)cc2C(N2CCCC2)[C@@H]1O. The van der Waals surface area contributed by atoms with Crippen molar-refractivity contribution in [3.05, 3.63) is 23.8 Å². The van der Waals surface area contributed by atoms with E-state index >= 15 is 0 Å². The number of benzene rings is 1. The molecule has 1 saturated heterocycles. The van der Waals surface area contributed by atoms with Gasteiger partial charge in [0, 0.05) is 11.3 Å². The molecule has 2 aliphatic rings. The molecule has 2 aliphatic heterocycles. The second-order valence-electron chi connectivity index (χ2n) is 6.14. The summed E-state index contributed by atoms with van der Waals surface area (Å²) in [6.45, 7) is 5.96. The lowest BCUT2D eigenvalue weighted by atomic mass is 9.85. The van der Waals surface area contributed by atoms with E-state index in [1.807, 2.05) is 32.0 Å². The number of aliphatic hydroxyl groups excluding tert-OH is 1. The van der Waals surface area contributed by atoms with Crippen LogP contribution >= 0.6 is 0 Å². The van der Waals surface area contributed by atoms with Crippen molar-refractivity contribution >= 4 is 5.69 Å². The first-order valence-corrected chi connectivity index (χ1v) is 6.99. The molecule has 0 aliphatic carbocycles. The van der Waals surface area contributed by atoms with E-state index in [1.165, 1.54) is 12.8 Å². The molecule has 3 rings (SSSR count). The smallest absolute Gasteiger partial charge is 0.131 e. The topological polar surface area (TPSA) is 58.7 Å². The summed E-state index contributed by atoms with van der Waals surface area (Å²) in [7, 11) is 0. The van der Waals surface area contributed by atoms with Crippen LogP contribution in [0.1, 0.15) is 38.3 Å². The van der Waals surface area contributed by atoms with Crippen molar-refractivity contribution in [1.82, 2.24) is 4.90 Å². The zero-order valence-corrected chi connectivity index (χ0v) is 11.6. The maximum absolute atomic E-state index is 10.7. The summed E-state index contributed by atoms with van der Waals surface area (Å²) >= 11 is 0. The fourth-order valence-corrected chi connectivity index (χ4v) is 3.20. The van der Waals surface area contributed by atoms with Crippen LogP contribution in [0.25, 0.3) is 0 Å². The number of fused-ring (bicyclic) bond motifs is 1. The van der Waals surface area contributed by atoms with Gasteiger partial charge in [-0.2, -0.15) is 0 Å². The Hall–Kier alpha value is -1.26. The average Bonchev–Trinajstić information content (AvgIpc) is 2.85. The molecule has 0 amide bonds. The lowest BCUT2D eigenvalue weighted by Gasteiger charge is -2.45. The fraction of sp³-hybridized carbons (Fsp3) is 0.600. The third kappa shape index (κ3) is 2.09. The van der Waals surface area contributed by atoms with E-state index in [0.717, 1.165) is 30.1 Å². The number of ether oxygens (including phenoxy) is 1. The molecule has 3 N–H and O–H groups in total. The van der Waals surface area contributed by atoms with Crippen LogP contribution < -0.4 is 10.5 Å². The molecule has 2 atom stereocenters. The van der Waals surface area contributed by atoms with Crippen LogP contribution in [0.2, 0.25) is 0 Å². The maximum Gasteiger partial charge on any atom is 0.131 e. The van der Waals surface area contributed by atoms with Crippen molar-refractivity contribution in [2.45, 2.75) is 44.4 Å². The fourth-order valence-electron chi connectivity index (χ4n) is 3.20. The summed E-state index contributed by atoms with van der Waals surface area (Å²) in [5, 5.41) is 10.7. The molecule has 4 nitrogen and oxygen atoms in total. The minimum atomic E-state index is -0.573. The highest BCUT2D eigenvalue weighted by Crippen LogP contribution is 2.44. The summed E-state index contributed by atoms with van der Waals surface area (Å²) in [5.74, 6) is 0.849. The minimum absolute atomic E-state index is 0.00949. The lowest BCUT2D eigenvalue weighted by molar-refractivity contribution is -0.0894. The third-order valence-electron chi connectivity index (χ3n) is 4.27. The van der Waals surface area contributed by atoms with Gasteiger partial charge in [0.15, 0.2) is 0 Å². The standard InChI is InChI=1S/C15H22N2O2/c1-15(2)14(18)13(17-7-3-4-8-17)11-9-10(16)5-6-12(11)19-15/h5-6,9,13-14,18H,3-4,7-8,16H2,1-2H3/t13?,14-/m0/s1. The summed E-state index contributed by atoms with van der Waals surface area (Å²) in [6.07, 6.45) is 1.85. The molecule has 4 heteroatoms. The molecule has 1 unspecified atom stereocenters. The largest absolute Gasteiger partial charge is 0.485 e. The molecule has 0 spiro atoms. The van der Waals surface area contributed by atoms with E-state index in [0.29, 0.717) is 0 Å². The molecule has 0 radical (unpaired) electrons. The zero-order valence-electron chi connectivity index (χ0n) is 11.6. The van der Waals surface area contributed by atoms with Crippen LogP contribution in [-0.2, 0) is 0 Å². The highest BCUT2D eigenvalue weighted by molar-refractivity contribution is 5.51. The number of likely N-dealkylation sites (tertiary alicyclic amines) is 1. The van der Waals surface area contributed by atoms with Crippen molar-refractivity contribution in [3.8, 4) is 5.75 Å².